The molecule has 1 saturated carbocycles. The first-order valence-corrected chi connectivity index (χ1v) is 9.33. The van der Waals surface area contributed by atoms with Crippen molar-refractivity contribution in [1.29, 1.82) is 0 Å². The molecule has 2 aliphatic rings. The van der Waals surface area contributed by atoms with E-state index in [1.165, 1.54) is 17.5 Å². The number of nitrogens with zero attached hydrogens (tertiary/aromatic N) is 3. The Bertz CT molecular complexity index is 829. The third-order valence-corrected chi connectivity index (χ3v) is 5.22. The Morgan fingerprint density at radius 2 is 2.00 bits per heavy atom. The Morgan fingerprint density at radius 1 is 1.19 bits per heavy atom. The third kappa shape index (κ3) is 3.95. The third-order valence-electron chi connectivity index (χ3n) is 5.22. The number of anilines is 1. The summed E-state index contributed by atoms with van der Waals surface area (Å²) in [6.07, 6.45) is 5.03. The van der Waals surface area contributed by atoms with Gasteiger partial charge in [0.25, 0.3) is 5.56 Å². The highest BCUT2D eigenvalue weighted by Crippen LogP contribution is 2.28. The highest BCUT2D eigenvalue weighted by atomic mass is 16.2. The van der Waals surface area contributed by atoms with Crippen molar-refractivity contribution in [1.82, 2.24) is 15.1 Å². The average molecular weight is 352 g/mol. The largest absolute Gasteiger partial charge is 0.369 e. The van der Waals surface area contributed by atoms with Crippen LogP contribution in [0, 0.1) is 11.8 Å². The molecule has 1 saturated heterocycles. The molecule has 1 unspecified atom stereocenters. The molecule has 1 aliphatic heterocycles. The second kappa shape index (κ2) is 7.32. The van der Waals surface area contributed by atoms with Crippen molar-refractivity contribution >= 4 is 11.6 Å². The van der Waals surface area contributed by atoms with Gasteiger partial charge in [-0.1, -0.05) is 30.3 Å². The Labute approximate surface area is 152 Å². The van der Waals surface area contributed by atoms with E-state index in [-0.39, 0.29) is 17.4 Å². The summed E-state index contributed by atoms with van der Waals surface area (Å²) in [7, 11) is 0. The number of nitrogens with one attached hydrogen (secondary N) is 1. The van der Waals surface area contributed by atoms with Crippen molar-refractivity contribution in [3.8, 4) is 0 Å². The van der Waals surface area contributed by atoms with Gasteiger partial charge in [0.05, 0.1) is 24.3 Å². The fourth-order valence-electron chi connectivity index (χ4n) is 3.39. The molecule has 1 aromatic heterocycles. The summed E-state index contributed by atoms with van der Waals surface area (Å²) in [5.41, 5.74) is 1.73. The van der Waals surface area contributed by atoms with Gasteiger partial charge >= 0.3 is 0 Å². The van der Waals surface area contributed by atoms with Gasteiger partial charge in [0, 0.05) is 25.7 Å². The maximum absolute atomic E-state index is 12.4. The van der Waals surface area contributed by atoms with E-state index in [0.717, 1.165) is 30.8 Å². The Balaban J connectivity index is 1.38. The van der Waals surface area contributed by atoms with Crippen molar-refractivity contribution in [2.45, 2.75) is 25.8 Å². The van der Waals surface area contributed by atoms with Gasteiger partial charge in [0.2, 0.25) is 5.91 Å². The predicted octanol–water partition coefficient (Wildman–Crippen LogP) is 1.64. The summed E-state index contributed by atoms with van der Waals surface area (Å²) in [5.74, 6) is 0.836. The number of hydrogen-bond donors (Lipinski definition) is 1. The molecule has 1 N–H and O–H groups in total. The quantitative estimate of drug-likeness (QED) is 0.858. The Hall–Kier alpha value is -2.63. The molecule has 0 radical (unpaired) electrons. The molecule has 136 valence electrons. The van der Waals surface area contributed by atoms with Crippen LogP contribution in [-0.4, -0.2) is 35.3 Å². The predicted molar refractivity (Wildman–Crippen MR) is 100 cm³/mol. The fraction of sp³-hybridized carbons (Fsp3) is 0.450. The van der Waals surface area contributed by atoms with E-state index in [9.17, 15) is 9.59 Å². The zero-order chi connectivity index (χ0) is 17.9. The minimum atomic E-state index is -0.118. The lowest BCUT2D eigenvalue weighted by Gasteiger charge is -2.18. The molecular weight excluding hydrogens is 328 g/mol. The van der Waals surface area contributed by atoms with E-state index in [2.05, 4.69) is 15.3 Å². The molecule has 2 aromatic rings. The summed E-state index contributed by atoms with van der Waals surface area (Å²) in [5, 5.41) is 7.38. The van der Waals surface area contributed by atoms with Crippen molar-refractivity contribution in [3.05, 3.63) is 58.5 Å². The highest BCUT2D eigenvalue weighted by Gasteiger charge is 2.30. The van der Waals surface area contributed by atoms with Gasteiger partial charge in [-0.15, -0.1) is 0 Å². The fourth-order valence-corrected chi connectivity index (χ4v) is 3.39. The number of carbonyl (C=O) groups is 1. The first-order valence-electron chi connectivity index (χ1n) is 9.33. The maximum Gasteiger partial charge on any atom is 0.269 e. The van der Waals surface area contributed by atoms with E-state index in [1.54, 1.807) is 12.3 Å². The SMILES string of the molecule is O=C(NCC1CC1)C1CCN(c2cnn(Cc3ccccc3)c(=O)c2)C1. The minimum Gasteiger partial charge on any atom is -0.369 e. The van der Waals surface area contributed by atoms with Crippen molar-refractivity contribution < 1.29 is 4.79 Å². The van der Waals surface area contributed by atoms with E-state index in [4.69, 9.17) is 0 Å². The minimum absolute atomic E-state index is 0.000463. The van der Waals surface area contributed by atoms with Gasteiger partial charge in [-0.05, 0) is 30.7 Å². The zero-order valence-electron chi connectivity index (χ0n) is 14.8. The molecule has 1 aromatic carbocycles. The summed E-state index contributed by atoms with van der Waals surface area (Å²) in [6.45, 7) is 2.71. The zero-order valence-corrected chi connectivity index (χ0v) is 14.8. The molecule has 6 nitrogen and oxygen atoms in total. The monoisotopic (exact) mass is 352 g/mol. The lowest BCUT2D eigenvalue weighted by molar-refractivity contribution is -0.124. The van der Waals surface area contributed by atoms with E-state index < -0.39 is 0 Å². The Morgan fingerprint density at radius 3 is 2.73 bits per heavy atom. The van der Waals surface area contributed by atoms with Crippen LogP contribution in [0.2, 0.25) is 0 Å². The van der Waals surface area contributed by atoms with Crippen molar-refractivity contribution in [3.63, 3.8) is 0 Å². The molecule has 1 atom stereocenters. The molecular formula is C20H24N4O2. The number of amides is 1. The van der Waals surface area contributed by atoms with Crippen LogP contribution in [0.15, 0.2) is 47.4 Å². The number of benzene rings is 1. The van der Waals surface area contributed by atoms with Gasteiger partial charge in [0.15, 0.2) is 0 Å². The van der Waals surface area contributed by atoms with Crippen LogP contribution in [0.1, 0.15) is 24.8 Å². The van der Waals surface area contributed by atoms with Crippen molar-refractivity contribution in [2.24, 2.45) is 11.8 Å². The second-order valence-electron chi connectivity index (χ2n) is 7.32. The van der Waals surface area contributed by atoms with E-state index in [0.29, 0.717) is 19.0 Å². The number of carbonyl (C=O) groups excluding carboxylic acids is 1. The number of rotatable bonds is 6. The van der Waals surface area contributed by atoms with Crippen LogP contribution in [-0.2, 0) is 11.3 Å². The standard InChI is InChI=1S/C20H24N4O2/c25-19-10-18(12-22-24(19)13-16-4-2-1-3-5-16)23-9-8-17(14-23)20(26)21-11-15-6-7-15/h1-5,10,12,15,17H,6-9,11,13-14H2,(H,21,26). The van der Waals surface area contributed by atoms with E-state index in [1.807, 2.05) is 30.3 Å². The highest BCUT2D eigenvalue weighted by molar-refractivity contribution is 5.80. The van der Waals surface area contributed by atoms with Gasteiger partial charge in [-0.25, -0.2) is 4.68 Å². The number of hydrogen-bond acceptors (Lipinski definition) is 4. The van der Waals surface area contributed by atoms with Gasteiger partial charge in [-0.2, -0.15) is 5.10 Å². The van der Waals surface area contributed by atoms with Crippen LogP contribution in [0.5, 0.6) is 0 Å². The molecule has 0 bridgehead atoms. The summed E-state index contributed by atoms with van der Waals surface area (Å²) in [4.78, 5) is 26.7. The summed E-state index contributed by atoms with van der Waals surface area (Å²) < 4.78 is 1.47. The summed E-state index contributed by atoms with van der Waals surface area (Å²) in [6, 6.07) is 11.4. The normalized spacial score (nSPS) is 19.5. The van der Waals surface area contributed by atoms with Crippen LogP contribution < -0.4 is 15.8 Å². The lowest BCUT2D eigenvalue weighted by atomic mass is 10.1. The molecule has 6 heteroatoms. The topological polar surface area (TPSA) is 67.2 Å². The Kier molecular flexibility index (Phi) is 4.73. The van der Waals surface area contributed by atoms with Gasteiger partial charge in [-0.3, -0.25) is 9.59 Å². The van der Waals surface area contributed by atoms with Gasteiger partial charge in [0.1, 0.15) is 0 Å². The number of aromatic nitrogens is 2. The van der Waals surface area contributed by atoms with Crippen LogP contribution >= 0.6 is 0 Å². The molecule has 1 amide bonds. The molecule has 0 spiro atoms. The molecule has 2 fully saturated rings. The molecule has 26 heavy (non-hydrogen) atoms. The van der Waals surface area contributed by atoms with Crippen LogP contribution in [0.25, 0.3) is 0 Å². The molecule has 1 aliphatic carbocycles. The second-order valence-corrected chi connectivity index (χ2v) is 7.32. The van der Waals surface area contributed by atoms with Crippen LogP contribution in [0.4, 0.5) is 5.69 Å². The first kappa shape index (κ1) is 16.8. The van der Waals surface area contributed by atoms with Crippen molar-refractivity contribution in [2.75, 3.05) is 24.5 Å². The first-order chi connectivity index (χ1) is 12.7. The van der Waals surface area contributed by atoms with E-state index >= 15 is 0 Å². The maximum atomic E-state index is 12.4. The van der Waals surface area contributed by atoms with Crippen LogP contribution in [0.3, 0.4) is 0 Å². The summed E-state index contributed by atoms with van der Waals surface area (Å²) >= 11 is 0. The molecule has 2 heterocycles. The average Bonchev–Trinajstić information content (AvgIpc) is 3.36. The van der Waals surface area contributed by atoms with Gasteiger partial charge < -0.3 is 10.2 Å². The lowest BCUT2D eigenvalue weighted by Crippen LogP contribution is -2.34. The molecule has 4 rings (SSSR count). The smallest absolute Gasteiger partial charge is 0.269 e.